The second-order valence-electron chi connectivity index (χ2n) is 6.89. The van der Waals surface area contributed by atoms with E-state index in [9.17, 15) is 0 Å². The van der Waals surface area contributed by atoms with Gasteiger partial charge < -0.3 is 15.4 Å². The van der Waals surface area contributed by atoms with Crippen molar-refractivity contribution in [2.75, 3.05) is 46.4 Å². The fourth-order valence-corrected chi connectivity index (χ4v) is 3.20. The monoisotopic (exact) mass is 488 g/mol. The van der Waals surface area contributed by atoms with Crippen molar-refractivity contribution in [1.29, 1.82) is 0 Å². The highest BCUT2D eigenvalue weighted by Gasteiger charge is 2.14. The van der Waals surface area contributed by atoms with E-state index in [1.807, 2.05) is 7.05 Å². The fourth-order valence-electron chi connectivity index (χ4n) is 3.20. The fraction of sp³-hybridized carbons (Fsp3) is 0.667. The first kappa shape index (κ1) is 24.2. The maximum atomic E-state index is 5.57. The van der Waals surface area contributed by atoms with E-state index in [1.165, 1.54) is 30.5 Å². The molecule has 0 unspecified atom stereocenters. The summed E-state index contributed by atoms with van der Waals surface area (Å²) >= 11 is 0. The van der Waals surface area contributed by atoms with Crippen molar-refractivity contribution in [3.63, 3.8) is 0 Å². The molecule has 0 atom stereocenters. The number of unbranched alkanes of at least 4 members (excludes halogenated alkanes) is 1. The maximum Gasteiger partial charge on any atom is 0.190 e. The van der Waals surface area contributed by atoms with Crippen molar-refractivity contribution in [1.82, 2.24) is 15.5 Å². The zero-order valence-corrected chi connectivity index (χ0v) is 19.3. The second-order valence-corrected chi connectivity index (χ2v) is 6.89. The van der Waals surface area contributed by atoms with Gasteiger partial charge >= 0.3 is 0 Å². The summed E-state index contributed by atoms with van der Waals surface area (Å²) in [6, 6.07) is 8.82. The van der Waals surface area contributed by atoms with Crippen LogP contribution in [0.25, 0.3) is 0 Å². The van der Waals surface area contributed by atoms with E-state index in [4.69, 9.17) is 4.74 Å². The number of fused-ring (bicyclic) bond motifs is 1. The number of guanidine groups is 1. The average molecular weight is 488 g/mol. The summed E-state index contributed by atoms with van der Waals surface area (Å²) in [4.78, 5) is 6.84. The minimum atomic E-state index is 0. The Balaban J connectivity index is 0.00000364. The molecule has 0 amide bonds. The Kier molecular flexibility index (Phi) is 13.5. The van der Waals surface area contributed by atoms with Crippen molar-refractivity contribution in [2.24, 2.45) is 4.99 Å². The van der Waals surface area contributed by atoms with Crippen LogP contribution in [-0.2, 0) is 17.7 Å². The van der Waals surface area contributed by atoms with Gasteiger partial charge in [-0.25, -0.2) is 0 Å². The minimum Gasteiger partial charge on any atom is -0.381 e. The Morgan fingerprint density at radius 3 is 2.52 bits per heavy atom. The number of hydrogen-bond donors (Lipinski definition) is 2. The standard InChI is InChI=1S/C21H36N4O.HI/c1-3-4-16-26-17-8-13-24-21(22-2)23-12-7-14-25-15-11-19-9-5-6-10-20(19)18-25;/h5-6,9-10H,3-4,7-8,11-18H2,1-2H3,(H2,22,23,24);1H. The van der Waals surface area contributed by atoms with E-state index in [0.717, 1.165) is 64.6 Å². The molecular formula is C21H37IN4O. The summed E-state index contributed by atoms with van der Waals surface area (Å²) in [7, 11) is 1.83. The lowest BCUT2D eigenvalue weighted by molar-refractivity contribution is 0.129. The molecule has 0 bridgehead atoms. The van der Waals surface area contributed by atoms with Gasteiger partial charge in [-0.15, -0.1) is 24.0 Å². The Bertz CT molecular complexity index is 539. The molecule has 1 aliphatic heterocycles. The molecule has 0 aromatic heterocycles. The molecule has 0 saturated carbocycles. The molecule has 2 N–H and O–H groups in total. The van der Waals surface area contributed by atoms with Crippen LogP contribution >= 0.6 is 24.0 Å². The number of benzene rings is 1. The van der Waals surface area contributed by atoms with Crippen molar-refractivity contribution in [3.8, 4) is 0 Å². The van der Waals surface area contributed by atoms with Gasteiger partial charge in [0.25, 0.3) is 0 Å². The number of ether oxygens (including phenoxy) is 1. The van der Waals surface area contributed by atoms with Crippen LogP contribution in [0.5, 0.6) is 0 Å². The quantitative estimate of drug-likeness (QED) is 0.217. The van der Waals surface area contributed by atoms with Gasteiger partial charge in [-0.05, 0) is 36.8 Å². The third-order valence-electron chi connectivity index (χ3n) is 4.78. The van der Waals surface area contributed by atoms with Crippen LogP contribution in [0, 0.1) is 0 Å². The third-order valence-corrected chi connectivity index (χ3v) is 4.78. The first-order chi connectivity index (χ1) is 12.8. The van der Waals surface area contributed by atoms with Crippen molar-refractivity contribution in [3.05, 3.63) is 35.4 Å². The van der Waals surface area contributed by atoms with Gasteiger partial charge in [0.05, 0.1) is 0 Å². The van der Waals surface area contributed by atoms with Crippen molar-refractivity contribution in [2.45, 2.75) is 45.6 Å². The number of halogens is 1. The number of hydrogen-bond acceptors (Lipinski definition) is 3. The highest BCUT2D eigenvalue weighted by atomic mass is 127. The number of nitrogens with zero attached hydrogens (tertiary/aromatic N) is 2. The van der Waals surface area contributed by atoms with Crippen LogP contribution in [0.2, 0.25) is 0 Å². The normalized spacial score (nSPS) is 14.4. The first-order valence-electron chi connectivity index (χ1n) is 10.1. The average Bonchev–Trinajstić information content (AvgIpc) is 2.68. The largest absolute Gasteiger partial charge is 0.381 e. The molecule has 1 aromatic rings. The molecule has 1 aliphatic rings. The van der Waals surface area contributed by atoms with E-state index >= 15 is 0 Å². The van der Waals surface area contributed by atoms with E-state index in [2.05, 4.69) is 51.7 Å². The Morgan fingerprint density at radius 1 is 1.07 bits per heavy atom. The van der Waals surface area contributed by atoms with Crippen LogP contribution in [0.3, 0.4) is 0 Å². The number of nitrogens with one attached hydrogen (secondary N) is 2. The molecule has 0 saturated heterocycles. The van der Waals surface area contributed by atoms with Gasteiger partial charge in [0.2, 0.25) is 0 Å². The molecule has 6 heteroatoms. The smallest absolute Gasteiger partial charge is 0.190 e. The molecule has 1 heterocycles. The van der Waals surface area contributed by atoms with Gasteiger partial charge in [-0.3, -0.25) is 9.89 Å². The van der Waals surface area contributed by atoms with Crippen molar-refractivity contribution < 1.29 is 4.74 Å². The Labute approximate surface area is 182 Å². The lowest BCUT2D eigenvalue weighted by atomic mass is 10.00. The summed E-state index contributed by atoms with van der Waals surface area (Å²) in [6.45, 7) is 9.11. The van der Waals surface area contributed by atoms with Crippen LogP contribution < -0.4 is 10.6 Å². The molecule has 5 nitrogen and oxygen atoms in total. The molecule has 154 valence electrons. The van der Waals surface area contributed by atoms with Gasteiger partial charge in [0.15, 0.2) is 5.96 Å². The zero-order chi connectivity index (χ0) is 18.5. The van der Waals surface area contributed by atoms with Crippen LogP contribution in [0.15, 0.2) is 29.3 Å². The lowest BCUT2D eigenvalue weighted by Crippen LogP contribution is -2.39. The molecule has 0 fully saturated rings. The van der Waals surface area contributed by atoms with Gasteiger partial charge in [0.1, 0.15) is 0 Å². The SMILES string of the molecule is CCCCOCCCNC(=NC)NCCCN1CCc2ccccc2C1.I. The number of rotatable bonds is 11. The summed E-state index contributed by atoms with van der Waals surface area (Å²) in [5, 5.41) is 6.77. The maximum absolute atomic E-state index is 5.57. The van der Waals surface area contributed by atoms with Gasteiger partial charge in [-0.1, -0.05) is 37.6 Å². The molecule has 1 aromatic carbocycles. The molecule has 0 aliphatic carbocycles. The minimum absolute atomic E-state index is 0. The summed E-state index contributed by atoms with van der Waals surface area (Å²) in [5.41, 5.74) is 3.01. The van der Waals surface area contributed by atoms with E-state index in [1.54, 1.807) is 0 Å². The summed E-state index contributed by atoms with van der Waals surface area (Å²) < 4.78 is 5.57. The number of aliphatic imine (C=N–C) groups is 1. The summed E-state index contributed by atoms with van der Waals surface area (Å²) in [6.07, 6.45) is 5.66. The predicted octanol–water partition coefficient (Wildman–Crippen LogP) is 3.42. The summed E-state index contributed by atoms with van der Waals surface area (Å²) in [5.74, 6) is 0.891. The molecule has 0 spiro atoms. The van der Waals surface area contributed by atoms with E-state index < -0.39 is 0 Å². The van der Waals surface area contributed by atoms with Gasteiger partial charge in [-0.2, -0.15) is 0 Å². The van der Waals surface area contributed by atoms with E-state index in [0.29, 0.717) is 0 Å². The molecule has 27 heavy (non-hydrogen) atoms. The highest BCUT2D eigenvalue weighted by Crippen LogP contribution is 2.18. The van der Waals surface area contributed by atoms with Crippen LogP contribution in [0.1, 0.15) is 43.7 Å². The Morgan fingerprint density at radius 2 is 1.78 bits per heavy atom. The molecule has 0 radical (unpaired) electrons. The van der Waals surface area contributed by atoms with Crippen LogP contribution in [0.4, 0.5) is 0 Å². The topological polar surface area (TPSA) is 48.9 Å². The van der Waals surface area contributed by atoms with Gasteiger partial charge in [0, 0.05) is 53.0 Å². The Hall–Kier alpha value is -0.860. The first-order valence-corrected chi connectivity index (χ1v) is 10.1. The third kappa shape index (κ3) is 9.76. The van der Waals surface area contributed by atoms with Crippen LogP contribution in [-0.4, -0.2) is 57.3 Å². The predicted molar refractivity (Wildman–Crippen MR) is 125 cm³/mol. The molecular weight excluding hydrogens is 451 g/mol. The van der Waals surface area contributed by atoms with Crippen molar-refractivity contribution >= 4 is 29.9 Å². The zero-order valence-electron chi connectivity index (χ0n) is 17.0. The second kappa shape index (κ2) is 15.1. The lowest BCUT2D eigenvalue weighted by Gasteiger charge is -2.28. The van der Waals surface area contributed by atoms with E-state index in [-0.39, 0.29) is 24.0 Å². The highest BCUT2D eigenvalue weighted by molar-refractivity contribution is 14.0. The molecule has 2 rings (SSSR count).